The summed E-state index contributed by atoms with van der Waals surface area (Å²) < 4.78 is 4.62. The van der Waals surface area contributed by atoms with Gasteiger partial charge in [-0.05, 0) is 18.6 Å². The second-order valence-electron chi connectivity index (χ2n) is 3.24. The van der Waals surface area contributed by atoms with Gasteiger partial charge in [-0.15, -0.1) is 0 Å². The number of ether oxygens (including phenoxy) is 1. The molecule has 0 saturated heterocycles. The van der Waals surface area contributed by atoms with Gasteiger partial charge in [0.25, 0.3) is 0 Å². The van der Waals surface area contributed by atoms with Gasteiger partial charge in [-0.3, -0.25) is 0 Å². The molecule has 0 bridgehead atoms. The summed E-state index contributed by atoms with van der Waals surface area (Å²) >= 11 is 0. The number of carbonyl (C=O) groups is 1. The van der Waals surface area contributed by atoms with Crippen LogP contribution in [0, 0.1) is 6.92 Å². The van der Waals surface area contributed by atoms with Gasteiger partial charge in [0.2, 0.25) is 0 Å². The lowest BCUT2D eigenvalue weighted by Crippen LogP contribution is -2.12. The lowest BCUT2D eigenvalue weighted by Gasteiger charge is -2.12. The topological polar surface area (TPSA) is 42.4 Å². The van der Waals surface area contributed by atoms with Gasteiger partial charge < -0.3 is 9.64 Å². The summed E-state index contributed by atoms with van der Waals surface area (Å²) in [6.45, 7) is 1.86. The van der Waals surface area contributed by atoms with Gasteiger partial charge in [0.05, 0.1) is 12.7 Å². The highest BCUT2D eigenvalue weighted by Crippen LogP contribution is 2.14. The van der Waals surface area contributed by atoms with E-state index in [1.54, 1.807) is 0 Å². The Kier molecular flexibility index (Phi) is 3.06. The molecule has 0 N–H and O–H groups in total. The zero-order chi connectivity index (χ0) is 10.7. The number of carbonyl (C=O) groups excluding carboxylic acids is 1. The average Bonchev–Trinajstić information content (AvgIpc) is 2.16. The lowest BCUT2D eigenvalue weighted by molar-refractivity contribution is 0.0599. The zero-order valence-corrected chi connectivity index (χ0v) is 8.87. The molecule has 0 spiro atoms. The SMILES string of the molecule is COC(=O)c1cnc(N(C)C)cc1C. The molecular formula is C10H14N2O2. The van der Waals surface area contributed by atoms with Crippen molar-refractivity contribution in [3.63, 3.8) is 0 Å². The summed E-state index contributed by atoms with van der Waals surface area (Å²) in [6, 6.07) is 1.85. The second kappa shape index (κ2) is 4.09. The molecule has 1 aromatic heterocycles. The molecule has 0 fully saturated rings. The van der Waals surface area contributed by atoms with E-state index < -0.39 is 0 Å². The molecular weight excluding hydrogens is 180 g/mol. The van der Waals surface area contributed by atoms with Crippen molar-refractivity contribution in [2.75, 3.05) is 26.1 Å². The first-order valence-electron chi connectivity index (χ1n) is 4.28. The van der Waals surface area contributed by atoms with E-state index in [1.807, 2.05) is 32.0 Å². The lowest BCUT2D eigenvalue weighted by atomic mass is 10.1. The van der Waals surface area contributed by atoms with Crippen LogP contribution in [-0.4, -0.2) is 32.2 Å². The van der Waals surface area contributed by atoms with Crippen molar-refractivity contribution in [2.45, 2.75) is 6.92 Å². The molecule has 0 aliphatic heterocycles. The number of methoxy groups -OCH3 is 1. The maximum Gasteiger partial charge on any atom is 0.339 e. The van der Waals surface area contributed by atoms with Crippen molar-refractivity contribution in [3.05, 3.63) is 23.4 Å². The Morgan fingerprint density at radius 1 is 1.50 bits per heavy atom. The largest absolute Gasteiger partial charge is 0.465 e. The van der Waals surface area contributed by atoms with Gasteiger partial charge >= 0.3 is 5.97 Å². The molecule has 0 amide bonds. The first-order chi connectivity index (χ1) is 6.56. The number of nitrogens with zero attached hydrogens (tertiary/aromatic N) is 2. The van der Waals surface area contributed by atoms with Crippen molar-refractivity contribution in [1.82, 2.24) is 4.98 Å². The highest BCUT2D eigenvalue weighted by molar-refractivity contribution is 5.90. The van der Waals surface area contributed by atoms with Gasteiger partial charge in [0, 0.05) is 20.3 Å². The fraction of sp³-hybridized carbons (Fsp3) is 0.400. The molecule has 1 aromatic rings. The van der Waals surface area contributed by atoms with Gasteiger partial charge in [0.15, 0.2) is 0 Å². The van der Waals surface area contributed by atoms with Crippen molar-refractivity contribution in [2.24, 2.45) is 0 Å². The van der Waals surface area contributed by atoms with Crippen LogP contribution in [0.5, 0.6) is 0 Å². The van der Waals surface area contributed by atoms with Crippen LogP contribution in [0.3, 0.4) is 0 Å². The number of anilines is 1. The van der Waals surface area contributed by atoms with Crippen molar-refractivity contribution < 1.29 is 9.53 Å². The molecule has 0 radical (unpaired) electrons. The Labute approximate surface area is 83.5 Å². The Morgan fingerprint density at radius 2 is 2.14 bits per heavy atom. The maximum atomic E-state index is 11.2. The van der Waals surface area contributed by atoms with E-state index in [0.717, 1.165) is 11.4 Å². The molecule has 4 heteroatoms. The molecule has 1 heterocycles. The number of pyridine rings is 1. The highest BCUT2D eigenvalue weighted by atomic mass is 16.5. The van der Waals surface area contributed by atoms with Crippen LogP contribution in [0.4, 0.5) is 5.82 Å². The number of hydrogen-bond acceptors (Lipinski definition) is 4. The van der Waals surface area contributed by atoms with E-state index in [9.17, 15) is 4.79 Å². The molecule has 14 heavy (non-hydrogen) atoms. The second-order valence-corrected chi connectivity index (χ2v) is 3.24. The van der Waals surface area contributed by atoms with E-state index in [4.69, 9.17) is 0 Å². The van der Waals surface area contributed by atoms with Crippen LogP contribution < -0.4 is 4.90 Å². The minimum absolute atomic E-state index is 0.347. The fourth-order valence-electron chi connectivity index (χ4n) is 1.11. The third kappa shape index (κ3) is 2.02. The van der Waals surface area contributed by atoms with Crippen LogP contribution in [0.2, 0.25) is 0 Å². The molecule has 0 saturated carbocycles. The number of aryl methyl sites for hydroxylation is 1. The highest BCUT2D eigenvalue weighted by Gasteiger charge is 2.10. The van der Waals surface area contributed by atoms with Gasteiger partial charge in [-0.25, -0.2) is 9.78 Å². The van der Waals surface area contributed by atoms with Crippen LogP contribution in [0.25, 0.3) is 0 Å². The summed E-state index contributed by atoms with van der Waals surface area (Å²) in [4.78, 5) is 17.3. The smallest absolute Gasteiger partial charge is 0.339 e. The summed E-state index contributed by atoms with van der Waals surface area (Å²) in [5.74, 6) is 0.482. The van der Waals surface area contributed by atoms with Crippen LogP contribution in [0.1, 0.15) is 15.9 Å². The van der Waals surface area contributed by atoms with E-state index in [0.29, 0.717) is 5.56 Å². The predicted octanol–water partition coefficient (Wildman–Crippen LogP) is 1.24. The molecule has 0 atom stereocenters. The van der Waals surface area contributed by atoms with Crippen molar-refractivity contribution >= 4 is 11.8 Å². The Bertz CT molecular complexity index is 348. The quantitative estimate of drug-likeness (QED) is 0.664. The standard InChI is InChI=1S/C10H14N2O2/c1-7-5-9(12(2)3)11-6-8(7)10(13)14-4/h5-6H,1-4H3. The zero-order valence-electron chi connectivity index (χ0n) is 8.87. The minimum Gasteiger partial charge on any atom is -0.465 e. The van der Waals surface area contributed by atoms with Crippen molar-refractivity contribution in [1.29, 1.82) is 0 Å². The Balaban J connectivity index is 3.07. The molecule has 76 valence electrons. The first-order valence-corrected chi connectivity index (χ1v) is 4.28. The summed E-state index contributed by atoms with van der Waals surface area (Å²) in [7, 11) is 5.17. The normalized spacial score (nSPS) is 9.71. The van der Waals surface area contributed by atoms with Gasteiger partial charge in [-0.2, -0.15) is 0 Å². The number of hydrogen-bond donors (Lipinski definition) is 0. The molecule has 1 rings (SSSR count). The summed E-state index contributed by atoms with van der Waals surface area (Å²) in [6.07, 6.45) is 1.54. The summed E-state index contributed by atoms with van der Waals surface area (Å²) in [5, 5.41) is 0. The van der Waals surface area contributed by atoms with E-state index >= 15 is 0 Å². The molecule has 0 aliphatic rings. The molecule has 4 nitrogen and oxygen atoms in total. The molecule has 0 aliphatic carbocycles. The van der Waals surface area contributed by atoms with Gasteiger partial charge in [0.1, 0.15) is 5.82 Å². The average molecular weight is 194 g/mol. The third-order valence-electron chi connectivity index (χ3n) is 1.96. The third-order valence-corrected chi connectivity index (χ3v) is 1.96. The minimum atomic E-state index is -0.347. The van der Waals surface area contributed by atoms with Crippen LogP contribution in [0.15, 0.2) is 12.3 Å². The number of aromatic nitrogens is 1. The predicted molar refractivity (Wildman–Crippen MR) is 54.6 cm³/mol. The summed E-state index contributed by atoms with van der Waals surface area (Å²) in [5.41, 5.74) is 1.38. The van der Waals surface area contributed by atoms with Crippen molar-refractivity contribution in [3.8, 4) is 0 Å². The first kappa shape index (κ1) is 10.5. The number of rotatable bonds is 2. The van der Waals surface area contributed by atoms with E-state index in [2.05, 4.69) is 9.72 Å². The van der Waals surface area contributed by atoms with Crippen LogP contribution in [-0.2, 0) is 4.74 Å². The van der Waals surface area contributed by atoms with E-state index in [1.165, 1.54) is 13.3 Å². The monoisotopic (exact) mass is 194 g/mol. The Hall–Kier alpha value is -1.58. The number of esters is 1. The Morgan fingerprint density at radius 3 is 2.57 bits per heavy atom. The maximum absolute atomic E-state index is 11.2. The molecule has 0 unspecified atom stereocenters. The van der Waals surface area contributed by atoms with Crippen LogP contribution >= 0.6 is 0 Å². The van der Waals surface area contributed by atoms with Gasteiger partial charge in [-0.1, -0.05) is 0 Å². The van der Waals surface area contributed by atoms with E-state index in [-0.39, 0.29) is 5.97 Å². The molecule has 0 aromatic carbocycles. The fourth-order valence-corrected chi connectivity index (χ4v) is 1.11.